The Bertz CT molecular complexity index is 1720. The smallest absolute Gasteiger partial charge is 0.542 e. The van der Waals surface area contributed by atoms with Gasteiger partial charge in [0.25, 0.3) is 0 Å². The van der Waals surface area contributed by atoms with Crippen molar-refractivity contribution < 1.29 is 43.6 Å². The molecular weight excluding hydrogens is 648 g/mol. The van der Waals surface area contributed by atoms with E-state index in [0.29, 0.717) is 60.5 Å². The maximum atomic E-state index is 12.3. The van der Waals surface area contributed by atoms with Gasteiger partial charge in [0.1, 0.15) is 45.4 Å². The number of carboxylic acid groups (broad SMARTS) is 2. The van der Waals surface area contributed by atoms with E-state index in [-0.39, 0.29) is 65.2 Å². The molecule has 4 rings (SSSR count). The van der Waals surface area contributed by atoms with Crippen LogP contribution in [-0.4, -0.2) is 68.4 Å². The van der Waals surface area contributed by atoms with Gasteiger partial charge >= 0.3 is 37.7 Å². The van der Waals surface area contributed by atoms with Crippen LogP contribution < -0.4 is 30.5 Å². The van der Waals surface area contributed by atoms with E-state index >= 15 is 0 Å². The zero-order valence-corrected chi connectivity index (χ0v) is 29.9. The molecular formula is C36H40CaO11. The maximum absolute atomic E-state index is 12.3. The molecule has 0 aliphatic carbocycles. The van der Waals surface area contributed by atoms with Crippen LogP contribution in [0.1, 0.15) is 72.8 Å². The van der Waals surface area contributed by atoms with Gasteiger partial charge < -0.3 is 43.6 Å². The Balaban J connectivity index is 0.000000461. The van der Waals surface area contributed by atoms with Gasteiger partial charge in [0, 0.05) is 12.1 Å². The van der Waals surface area contributed by atoms with Crippen molar-refractivity contribution in [3.63, 3.8) is 0 Å². The number of carboxylic acids is 2. The molecule has 0 fully saturated rings. The summed E-state index contributed by atoms with van der Waals surface area (Å²) in [5, 5.41) is 22.5. The van der Waals surface area contributed by atoms with Crippen molar-refractivity contribution in [2.45, 2.75) is 53.4 Å². The first-order valence-electron chi connectivity index (χ1n) is 15.0. The quantitative estimate of drug-likeness (QED) is 0.140. The molecule has 11 nitrogen and oxygen atoms in total. The minimum atomic E-state index is -1.53. The summed E-state index contributed by atoms with van der Waals surface area (Å²) in [6.45, 7) is 16.6. The normalized spacial score (nSPS) is 10.5. The molecule has 252 valence electrons. The SMILES string of the molecule is C=CCc1ccc(OCCC(C)C)c2c(=O)cc(C(=O)[O-])oc12.C=CCc1ccc(OCCC(C)C)c2c(=O)cc(C(=O)[O-])oc12.O.[Ca+2]. The number of ether oxygens (including phenoxy) is 2. The van der Waals surface area contributed by atoms with E-state index in [1.165, 1.54) is 0 Å². The second-order valence-corrected chi connectivity index (χ2v) is 11.4. The second-order valence-electron chi connectivity index (χ2n) is 11.4. The molecule has 0 unspecified atom stereocenters. The molecule has 0 amide bonds. The van der Waals surface area contributed by atoms with Gasteiger partial charge in [0.15, 0.2) is 22.4 Å². The molecule has 12 heteroatoms. The van der Waals surface area contributed by atoms with Crippen LogP contribution in [0, 0.1) is 11.8 Å². The minimum absolute atomic E-state index is 0. The van der Waals surface area contributed by atoms with Crippen LogP contribution in [0.5, 0.6) is 11.5 Å². The number of fused-ring (bicyclic) bond motifs is 2. The van der Waals surface area contributed by atoms with Crippen LogP contribution in [0.2, 0.25) is 0 Å². The molecule has 2 aromatic carbocycles. The number of benzene rings is 2. The average Bonchev–Trinajstić information content (AvgIpc) is 2.99. The van der Waals surface area contributed by atoms with Crippen molar-refractivity contribution in [3.05, 3.63) is 105 Å². The van der Waals surface area contributed by atoms with Crippen molar-refractivity contribution in [2.24, 2.45) is 11.8 Å². The Morgan fingerprint density at radius 1 is 0.729 bits per heavy atom. The van der Waals surface area contributed by atoms with Gasteiger partial charge in [-0.2, -0.15) is 0 Å². The summed E-state index contributed by atoms with van der Waals surface area (Å²) in [5.41, 5.74) is 0.835. The van der Waals surface area contributed by atoms with Crippen LogP contribution in [-0.2, 0) is 12.8 Å². The van der Waals surface area contributed by atoms with Crippen LogP contribution in [0.4, 0.5) is 0 Å². The third-order valence-corrected chi connectivity index (χ3v) is 6.88. The van der Waals surface area contributed by atoms with Crippen LogP contribution in [0.15, 0.2) is 80.1 Å². The topological polar surface area (TPSA) is 191 Å². The van der Waals surface area contributed by atoms with Crippen molar-refractivity contribution in [1.29, 1.82) is 0 Å². The van der Waals surface area contributed by atoms with E-state index in [9.17, 15) is 29.4 Å². The monoisotopic (exact) mass is 688 g/mol. The van der Waals surface area contributed by atoms with Gasteiger partial charge in [0.05, 0.1) is 13.2 Å². The third-order valence-electron chi connectivity index (χ3n) is 6.88. The van der Waals surface area contributed by atoms with Crippen LogP contribution >= 0.6 is 0 Å². The van der Waals surface area contributed by atoms with Gasteiger partial charge in [-0.1, -0.05) is 52.0 Å². The van der Waals surface area contributed by atoms with Crippen molar-refractivity contribution in [3.8, 4) is 11.5 Å². The summed E-state index contributed by atoms with van der Waals surface area (Å²) in [4.78, 5) is 46.6. The predicted octanol–water partition coefficient (Wildman–Crippen LogP) is 3.41. The number of hydrogen-bond acceptors (Lipinski definition) is 10. The molecule has 0 aliphatic rings. The summed E-state index contributed by atoms with van der Waals surface area (Å²) in [6.07, 6.45) is 5.89. The molecule has 2 heterocycles. The third kappa shape index (κ3) is 11.1. The van der Waals surface area contributed by atoms with E-state index in [2.05, 4.69) is 40.9 Å². The number of carbonyl (C=O) groups is 2. The van der Waals surface area contributed by atoms with Gasteiger partial charge in [-0.05, 0) is 60.8 Å². The van der Waals surface area contributed by atoms with Crippen LogP contribution in [0.3, 0.4) is 0 Å². The standard InChI is InChI=1S/2C18H20O5.Ca.H2O/c2*1-4-5-12-6-7-14(22-9-8-11(2)3)16-13(19)10-15(18(20)21)23-17(12)16;;/h2*4,6-7,10-11H,1,5,8-9H2,2-3H3,(H,20,21);;1H2/q;;+2;/p-2. The molecule has 0 atom stereocenters. The molecule has 0 saturated carbocycles. The van der Waals surface area contributed by atoms with E-state index < -0.39 is 34.3 Å². The predicted molar refractivity (Wildman–Crippen MR) is 181 cm³/mol. The van der Waals surface area contributed by atoms with Gasteiger partial charge in [-0.15, -0.1) is 13.2 Å². The van der Waals surface area contributed by atoms with Gasteiger partial charge in [0.2, 0.25) is 0 Å². The van der Waals surface area contributed by atoms with E-state index in [1.807, 2.05) is 0 Å². The molecule has 2 aromatic heterocycles. The average molecular weight is 689 g/mol. The van der Waals surface area contributed by atoms with Crippen molar-refractivity contribution in [2.75, 3.05) is 13.2 Å². The van der Waals surface area contributed by atoms with Crippen LogP contribution in [0.25, 0.3) is 21.9 Å². The second kappa shape index (κ2) is 19.8. The summed E-state index contributed by atoms with van der Waals surface area (Å²) >= 11 is 0. The first-order chi connectivity index (χ1) is 21.9. The van der Waals surface area contributed by atoms with Crippen molar-refractivity contribution in [1.82, 2.24) is 0 Å². The Morgan fingerprint density at radius 2 is 1.08 bits per heavy atom. The number of aromatic carboxylic acids is 2. The van der Waals surface area contributed by atoms with Crippen molar-refractivity contribution >= 4 is 71.6 Å². The zero-order chi connectivity index (χ0) is 34.0. The minimum Gasteiger partial charge on any atom is -0.542 e. The Kier molecular flexibility index (Phi) is 17.4. The molecule has 2 N–H and O–H groups in total. The molecule has 0 aliphatic heterocycles. The summed E-state index contributed by atoms with van der Waals surface area (Å²) in [5.74, 6) is -2.30. The van der Waals surface area contributed by atoms with E-state index in [0.717, 1.165) is 25.0 Å². The molecule has 4 aromatic rings. The molecule has 0 saturated heterocycles. The fourth-order valence-corrected chi connectivity index (χ4v) is 4.46. The summed E-state index contributed by atoms with van der Waals surface area (Å²) in [6, 6.07) is 8.75. The molecule has 0 radical (unpaired) electrons. The first kappa shape index (κ1) is 42.1. The Hall–Kier alpha value is -3.90. The number of rotatable bonds is 14. The Morgan fingerprint density at radius 3 is 1.38 bits per heavy atom. The summed E-state index contributed by atoms with van der Waals surface area (Å²) < 4.78 is 22.1. The molecule has 0 spiro atoms. The van der Waals surface area contributed by atoms with Gasteiger partial charge in [-0.25, -0.2) is 0 Å². The summed E-state index contributed by atoms with van der Waals surface area (Å²) in [7, 11) is 0. The fraction of sp³-hybridized carbons (Fsp3) is 0.333. The first-order valence-corrected chi connectivity index (χ1v) is 15.0. The number of allylic oxidation sites excluding steroid dienone is 2. The molecule has 48 heavy (non-hydrogen) atoms. The fourth-order valence-electron chi connectivity index (χ4n) is 4.46. The zero-order valence-electron chi connectivity index (χ0n) is 27.7. The largest absolute Gasteiger partial charge is 2.00 e. The Labute approximate surface area is 308 Å². The number of carbonyl (C=O) groups excluding carboxylic acids is 2. The van der Waals surface area contributed by atoms with E-state index in [1.54, 1.807) is 36.4 Å². The maximum Gasteiger partial charge on any atom is 2.00 e. The van der Waals surface area contributed by atoms with Gasteiger partial charge in [-0.3, -0.25) is 9.59 Å². The van der Waals surface area contributed by atoms with E-state index in [4.69, 9.17) is 18.3 Å². The molecule has 0 bridgehead atoms. The number of hydrogen-bond donors (Lipinski definition) is 0.